The van der Waals surface area contributed by atoms with Crippen LogP contribution in [0, 0.1) is 0 Å². The standard InChI is InChI=1S/C34H43BrFN8O2P/c1-7-21-16-26(28(46-4)17-27(21)43-14-10-22(11-15-43)44-19-34(36,20-44)33(2,3)45)41-32-39-18-23(35)31(42-32)40-25-9-8-24-29(30(25)47(5)6)38-13-12-37-24/h8-9,12-13,16-18,22,45H,7,10-11,14-15,19-20H2,1-6H3,(H2,39,40,41,42). The number of aliphatic hydroxyl groups is 1. The van der Waals surface area contributed by atoms with Crippen LogP contribution in [-0.4, -0.2) is 93.9 Å². The smallest absolute Gasteiger partial charge is 0.229 e. The van der Waals surface area contributed by atoms with Gasteiger partial charge in [-0.25, -0.2) is 9.37 Å². The molecule has 0 saturated carbocycles. The summed E-state index contributed by atoms with van der Waals surface area (Å²) >= 11 is 3.62. The predicted molar refractivity (Wildman–Crippen MR) is 194 cm³/mol. The third kappa shape index (κ3) is 6.75. The van der Waals surface area contributed by atoms with E-state index in [1.807, 2.05) is 12.1 Å². The Bertz CT molecular complexity index is 1760. The molecule has 4 aromatic rings. The lowest BCUT2D eigenvalue weighted by Crippen LogP contribution is -2.71. The SMILES string of the molecule is CCc1cc(Nc2ncc(Br)c(Nc3ccc4nccnc4c3P(C)C)n2)c(OC)cc1N1CCC(N2CC(F)(C(C)(C)O)C2)CC1. The van der Waals surface area contributed by atoms with E-state index >= 15 is 4.39 Å². The van der Waals surface area contributed by atoms with Crippen molar-refractivity contribution in [3.05, 3.63) is 52.9 Å². The van der Waals surface area contributed by atoms with Crippen molar-refractivity contribution in [2.75, 3.05) is 62.2 Å². The van der Waals surface area contributed by atoms with Crippen LogP contribution in [0.25, 0.3) is 11.0 Å². The number of likely N-dealkylation sites (tertiary alicyclic amines) is 1. The zero-order valence-corrected chi connectivity index (χ0v) is 30.3. The van der Waals surface area contributed by atoms with Crippen molar-refractivity contribution < 1.29 is 14.2 Å². The molecular weight excluding hydrogens is 682 g/mol. The van der Waals surface area contributed by atoms with Crippen molar-refractivity contribution in [1.82, 2.24) is 24.8 Å². The van der Waals surface area contributed by atoms with E-state index in [-0.39, 0.29) is 0 Å². The average molecular weight is 726 g/mol. The number of ether oxygens (including phenoxy) is 1. The average Bonchev–Trinajstić information content (AvgIpc) is 3.03. The lowest BCUT2D eigenvalue weighted by atomic mass is 9.79. The quantitative estimate of drug-likeness (QED) is 0.160. The van der Waals surface area contributed by atoms with Crippen LogP contribution in [0.3, 0.4) is 0 Å². The number of fused-ring (bicyclic) bond motifs is 1. The van der Waals surface area contributed by atoms with Gasteiger partial charge in [-0.05, 0) is 86.1 Å². The first kappa shape index (κ1) is 33.7. The Hall–Kier alpha value is -3.18. The highest BCUT2D eigenvalue weighted by molar-refractivity contribution is 9.10. The van der Waals surface area contributed by atoms with Crippen LogP contribution in [0.4, 0.5) is 33.2 Å². The summed E-state index contributed by atoms with van der Waals surface area (Å²) in [4.78, 5) is 23.1. The number of methoxy groups -OCH3 is 1. The Morgan fingerprint density at radius 3 is 2.47 bits per heavy atom. The van der Waals surface area contributed by atoms with E-state index in [9.17, 15) is 5.11 Å². The van der Waals surface area contributed by atoms with Crippen molar-refractivity contribution >= 4 is 69.0 Å². The fraction of sp³-hybridized carbons (Fsp3) is 0.471. The molecule has 2 aromatic heterocycles. The molecular formula is C34H43BrFN8O2P. The van der Waals surface area contributed by atoms with Gasteiger partial charge >= 0.3 is 0 Å². The maximum Gasteiger partial charge on any atom is 0.229 e. The number of rotatable bonds is 10. The van der Waals surface area contributed by atoms with E-state index in [1.165, 1.54) is 5.56 Å². The Morgan fingerprint density at radius 1 is 1.09 bits per heavy atom. The van der Waals surface area contributed by atoms with Gasteiger partial charge in [-0.15, -0.1) is 0 Å². The normalized spacial score (nSPS) is 17.2. The van der Waals surface area contributed by atoms with Crippen LogP contribution < -0.4 is 25.6 Å². The van der Waals surface area contributed by atoms with E-state index < -0.39 is 19.2 Å². The third-order valence-corrected chi connectivity index (χ3v) is 11.3. The van der Waals surface area contributed by atoms with Crippen molar-refractivity contribution in [3.63, 3.8) is 0 Å². The van der Waals surface area contributed by atoms with E-state index in [2.05, 4.69) is 83.7 Å². The number of halogens is 2. The molecule has 3 N–H and O–H groups in total. The molecule has 2 aliphatic heterocycles. The molecule has 47 heavy (non-hydrogen) atoms. The number of hydrogen-bond donors (Lipinski definition) is 3. The highest BCUT2D eigenvalue weighted by Gasteiger charge is 2.55. The summed E-state index contributed by atoms with van der Waals surface area (Å²) in [6, 6.07) is 8.54. The molecule has 10 nitrogen and oxygen atoms in total. The molecule has 4 heterocycles. The summed E-state index contributed by atoms with van der Waals surface area (Å²) in [5.41, 5.74) is 2.97. The number of aryl methyl sites for hydroxylation is 1. The number of benzene rings is 2. The Balaban J connectivity index is 1.19. The van der Waals surface area contributed by atoms with Gasteiger partial charge < -0.3 is 25.4 Å². The summed E-state index contributed by atoms with van der Waals surface area (Å²) in [5.74, 6) is 1.77. The minimum Gasteiger partial charge on any atom is -0.494 e. The zero-order valence-electron chi connectivity index (χ0n) is 27.8. The molecule has 0 spiro atoms. The van der Waals surface area contributed by atoms with Crippen LogP contribution in [0.5, 0.6) is 5.75 Å². The van der Waals surface area contributed by atoms with Crippen molar-refractivity contribution in [2.45, 2.75) is 57.3 Å². The highest BCUT2D eigenvalue weighted by Crippen LogP contribution is 2.41. The van der Waals surface area contributed by atoms with Crippen molar-refractivity contribution in [2.24, 2.45) is 0 Å². The van der Waals surface area contributed by atoms with Gasteiger partial charge in [0.25, 0.3) is 0 Å². The van der Waals surface area contributed by atoms with E-state index in [0.717, 1.165) is 70.2 Å². The molecule has 0 unspecified atom stereocenters. The molecule has 2 aliphatic rings. The number of piperidine rings is 1. The maximum atomic E-state index is 15.0. The monoisotopic (exact) mass is 724 g/mol. The fourth-order valence-corrected chi connectivity index (χ4v) is 8.01. The largest absolute Gasteiger partial charge is 0.494 e. The van der Waals surface area contributed by atoms with Crippen LogP contribution >= 0.6 is 23.9 Å². The lowest BCUT2D eigenvalue weighted by Gasteiger charge is -2.54. The third-order valence-electron chi connectivity index (χ3n) is 9.41. The lowest BCUT2D eigenvalue weighted by molar-refractivity contribution is -0.170. The van der Waals surface area contributed by atoms with Gasteiger partial charge in [0, 0.05) is 73.6 Å². The van der Waals surface area contributed by atoms with Crippen LogP contribution in [0.15, 0.2) is 47.3 Å². The van der Waals surface area contributed by atoms with Gasteiger partial charge in [-0.2, -0.15) is 4.98 Å². The van der Waals surface area contributed by atoms with Gasteiger partial charge in [0.15, 0.2) is 5.67 Å². The van der Waals surface area contributed by atoms with Gasteiger partial charge in [0.05, 0.1) is 33.9 Å². The summed E-state index contributed by atoms with van der Waals surface area (Å²) in [6.07, 6.45) is 7.90. The fourth-order valence-electron chi connectivity index (χ4n) is 6.51. The minimum absolute atomic E-state index is 0.293. The highest BCUT2D eigenvalue weighted by atomic mass is 79.9. The molecule has 0 radical (unpaired) electrons. The van der Waals surface area contributed by atoms with E-state index in [0.29, 0.717) is 36.6 Å². The van der Waals surface area contributed by atoms with Gasteiger partial charge in [-0.3, -0.25) is 14.9 Å². The molecule has 0 aliphatic carbocycles. The zero-order chi connectivity index (χ0) is 33.5. The number of nitrogens with zero attached hydrogens (tertiary/aromatic N) is 6. The Labute approximate surface area is 285 Å². The van der Waals surface area contributed by atoms with Gasteiger partial charge in [0.2, 0.25) is 5.95 Å². The second-order valence-electron chi connectivity index (χ2n) is 13.1. The molecule has 13 heteroatoms. The molecule has 250 valence electrons. The molecule has 0 atom stereocenters. The summed E-state index contributed by atoms with van der Waals surface area (Å²) < 4.78 is 21.6. The Morgan fingerprint density at radius 2 is 1.81 bits per heavy atom. The summed E-state index contributed by atoms with van der Waals surface area (Å²) in [5, 5.41) is 18.3. The molecule has 2 aromatic carbocycles. The first-order valence-corrected chi connectivity index (χ1v) is 19.0. The minimum atomic E-state index is -1.53. The Kier molecular flexibility index (Phi) is 9.60. The second kappa shape index (κ2) is 13.4. The summed E-state index contributed by atoms with van der Waals surface area (Å²) in [6.45, 7) is 12.0. The van der Waals surface area contributed by atoms with Gasteiger partial charge in [0.1, 0.15) is 11.6 Å². The molecule has 0 bridgehead atoms. The second-order valence-corrected chi connectivity index (χ2v) is 16.2. The van der Waals surface area contributed by atoms with Crippen LogP contribution in [-0.2, 0) is 6.42 Å². The molecule has 6 rings (SSSR count). The summed E-state index contributed by atoms with van der Waals surface area (Å²) in [7, 11) is 1.18. The number of nitrogens with one attached hydrogen (secondary N) is 2. The number of alkyl halides is 1. The van der Waals surface area contributed by atoms with Crippen molar-refractivity contribution in [1.29, 1.82) is 0 Å². The van der Waals surface area contributed by atoms with Crippen molar-refractivity contribution in [3.8, 4) is 5.75 Å². The molecule has 0 amide bonds. The van der Waals surface area contributed by atoms with Crippen LogP contribution in [0.1, 0.15) is 39.2 Å². The number of hydrogen-bond acceptors (Lipinski definition) is 10. The first-order chi connectivity index (χ1) is 22.4. The number of aromatic nitrogens is 4. The maximum absolute atomic E-state index is 15.0. The van der Waals surface area contributed by atoms with E-state index in [1.54, 1.807) is 39.5 Å². The predicted octanol–water partition coefficient (Wildman–Crippen LogP) is 6.37. The van der Waals surface area contributed by atoms with Gasteiger partial charge in [-0.1, -0.05) is 14.8 Å². The van der Waals surface area contributed by atoms with E-state index in [4.69, 9.17) is 9.72 Å². The molecule has 2 fully saturated rings. The van der Waals surface area contributed by atoms with Crippen LogP contribution in [0.2, 0.25) is 0 Å². The first-order valence-electron chi connectivity index (χ1n) is 16.0. The molecule has 2 saturated heterocycles. The topological polar surface area (TPSA) is 112 Å². The number of anilines is 5.